The SMILES string of the molecule is CCNC1CCC(O)(c2ccccn2)CC1.O=C(CNc1noc2ccc(C(F)(F)F)cc12)N1CCCC1. The highest BCUT2D eigenvalue weighted by Crippen LogP contribution is 2.36. The topological polar surface area (TPSA) is 104 Å². The Balaban J connectivity index is 0.000000186. The number of alkyl halides is 3. The van der Waals surface area contributed by atoms with E-state index < -0.39 is 17.3 Å². The maximum absolute atomic E-state index is 12.7. The predicted molar refractivity (Wildman–Crippen MR) is 137 cm³/mol. The molecule has 3 N–H and O–H groups in total. The van der Waals surface area contributed by atoms with E-state index in [1.54, 1.807) is 11.1 Å². The van der Waals surface area contributed by atoms with Crippen LogP contribution in [0.2, 0.25) is 0 Å². The summed E-state index contributed by atoms with van der Waals surface area (Å²) in [5.74, 6) is 0.0503. The summed E-state index contributed by atoms with van der Waals surface area (Å²) in [5, 5.41) is 20.6. The van der Waals surface area contributed by atoms with Crippen molar-refractivity contribution in [1.82, 2.24) is 20.4 Å². The monoisotopic (exact) mass is 533 g/mol. The Hall–Kier alpha value is -3.18. The molecule has 2 aromatic heterocycles. The first-order valence-electron chi connectivity index (χ1n) is 13.0. The van der Waals surface area contributed by atoms with Gasteiger partial charge in [-0.3, -0.25) is 9.78 Å². The molecule has 1 amide bonds. The summed E-state index contributed by atoms with van der Waals surface area (Å²) in [7, 11) is 0. The number of anilines is 1. The van der Waals surface area contributed by atoms with Crippen LogP contribution in [0.5, 0.6) is 0 Å². The fraction of sp³-hybridized carbons (Fsp3) is 0.519. The highest BCUT2D eigenvalue weighted by molar-refractivity contribution is 5.90. The van der Waals surface area contributed by atoms with Crippen LogP contribution in [-0.2, 0) is 16.6 Å². The molecule has 0 unspecified atom stereocenters. The Bertz CT molecular complexity index is 1190. The number of carbonyl (C=O) groups excluding carboxylic acids is 1. The van der Waals surface area contributed by atoms with E-state index in [9.17, 15) is 23.1 Å². The lowest BCUT2D eigenvalue weighted by molar-refractivity contribution is -0.137. The molecule has 2 fully saturated rings. The van der Waals surface area contributed by atoms with Crippen molar-refractivity contribution < 1.29 is 27.6 Å². The molecule has 1 aliphatic carbocycles. The van der Waals surface area contributed by atoms with Gasteiger partial charge in [0.05, 0.1) is 23.2 Å². The third-order valence-electron chi connectivity index (χ3n) is 7.11. The minimum Gasteiger partial charge on any atom is -0.384 e. The van der Waals surface area contributed by atoms with E-state index in [0.717, 1.165) is 76.0 Å². The zero-order valence-electron chi connectivity index (χ0n) is 21.4. The van der Waals surface area contributed by atoms with Crippen LogP contribution < -0.4 is 10.6 Å². The number of amides is 1. The number of hydrogen-bond donors (Lipinski definition) is 3. The number of pyridine rings is 1. The van der Waals surface area contributed by atoms with Crippen molar-refractivity contribution in [3.63, 3.8) is 0 Å². The maximum Gasteiger partial charge on any atom is 0.416 e. The van der Waals surface area contributed by atoms with Gasteiger partial charge in [0.25, 0.3) is 0 Å². The van der Waals surface area contributed by atoms with E-state index in [-0.39, 0.29) is 29.2 Å². The molecule has 1 aliphatic heterocycles. The van der Waals surface area contributed by atoms with Gasteiger partial charge in [0, 0.05) is 25.3 Å². The van der Waals surface area contributed by atoms with Crippen LogP contribution >= 0.6 is 0 Å². The number of hydrogen-bond acceptors (Lipinski definition) is 7. The Morgan fingerprint density at radius 1 is 1.18 bits per heavy atom. The summed E-state index contributed by atoms with van der Waals surface area (Å²) >= 11 is 0. The molecule has 3 aromatic rings. The molecule has 2 aliphatic rings. The highest BCUT2D eigenvalue weighted by Gasteiger charge is 2.35. The molecule has 38 heavy (non-hydrogen) atoms. The van der Waals surface area contributed by atoms with Crippen molar-refractivity contribution in [1.29, 1.82) is 0 Å². The van der Waals surface area contributed by atoms with E-state index >= 15 is 0 Å². The second kappa shape index (κ2) is 12.1. The van der Waals surface area contributed by atoms with Gasteiger partial charge >= 0.3 is 6.18 Å². The quantitative estimate of drug-likeness (QED) is 0.422. The number of aromatic nitrogens is 2. The number of nitrogens with one attached hydrogen (secondary N) is 2. The number of benzene rings is 1. The van der Waals surface area contributed by atoms with Gasteiger partial charge in [0.15, 0.2) is 11.4 Å². The summed E-state index contributed by atoms with van der Waals surface area (Å²) in [4.78, 5) is 17.9. The van der Waals surface area contributed by atoms with Gasteiger partial charge in [-0.05, 0) is 75.4 Å². The fourth-order valence-corrected chi connectivity index (χ4v) is 4.96. The smallest absolute Gasteiger partial charge is 0.384 e. The lowest BCUT2D eigenvalue weighted by Crippen LogP contribution is -2.40. The molecule has 0 radical (unpaired) electrons. The zero-order valence-corrected chi connectivity index (χ0v) is 21.4. The summed E-state index contributed by atoms with van der Waals surface area (Å²) in [6.45, 7) is 4.56. The van der Waals surface area contributed by atoms with Crippen LogP contribution in [0.15, 0.2) is 47.1 Å². The van der Waals surface area contributed by atoms with Crippen molar-refractivity contribution in [3.05, 3.63) is 53.9 Å². The Morgan fingerprint density at radius 2 is 1.92 bits per heavy atom. The van der Waals surface area contributed by atoms with E-state index in [1.807, 2.05) is 18.2 Å². The summed E-state index contributed by atoms with van der Waals surface area (Å²) in [5.41, 5.74) is -0.418. The number of carbonyl (C=O) groups is 1. The number of rotatable bonds is 6. The van der Waals surface area contributed by atoms with E-state index in [1.165, 1.54) is 6.07 Å². The molecule has 1 saturated heterocycles. The van der Waals surface area contributed by atoms with Crippen molar-refractivity contribution in [2.24, 2.45) is 0 Å². The second-order valence-electron chi connectivity index (χ2n) is 9.76. The molecule has 0 bridgehead atoms. The molecule has 0 spiro atoms. The third-order valence-corrected chi connectivity index (χ3v) is 7.11. The van der Waals surface area contributed by atoms with Crippen molar-refractivity contribution in [2.45, 2.75) is 63.3 Å². The summed E-state index contributed by atoms with van der Waals surface area (Å²) < 4.78 is 43.2. The predicted octanol–water partition coefficient (Wildman–Crippen LogP) is 4.70. The number of fused-ring (bicyclic) bond motifs is 1. The molecular weight excluding hydrogens is 499 g/mol. The Kier molecular flexibility index (Phi) is 8.88. The number of aliphatic hydroxyl groups is 1. The normalized spacial score (nSPS) is 21.7. The lowest BCUT2D eigenvalue weighted by Gasteiger charge is -2.35. The van der Waals surface area contributed by atoms with Crippen LogP contribution in [0.1, 0.15) is 56.7 Å². The lowest BCUT2D eigenvalue weighted by atomic mass is 9.80. The summed E-state index contributed by atoms with van der Waals surface area (Å²) in [6, 6.07) is 9.44. The molecule has 1 aromatic carbocycles. The second-order valence-corrected chi connectivity index (χ2v) is 9.76. The largest absolute Gasteiger partial charge is 0.416 e. The van der Waals surface area contributed by atoms with Gasteiger partial charge in [-0.1, -0.05) is 18.1 Å². The average molecular weight is 534 g/mol. The van der Waals surface area contributed by atoms with Crippen molar-refractivity contribution in [3.8, 4) is 0 Å². The molecule has 3 heterocycles. The first-order chi connectivity index (χ1) is 18.2. The minimum atomic E-state index is -4.44. The molecule has 206 valence electrons. The molecule has 1 saturated carbocycles. The number of likely N-dealkylation sites (tertiary alicyclic amines) is 1. The molecule has 5 rings (SSSR count). The van der Waals surface area contributed by atoms with Gasteiger partial charge in [-0.2, -0.15) is 13.2 Å². The standard InChI is InChI=1S/C14H14F3N3O2.C13H20N2O/c15-14(16,17)9-3-4-11-10(7-9)13(19-22-11)18-8-12(21)20-5-1-2-6-20;1-2-14-11-6-8-13(16,9-7-11)12-5-3-4-10-15-12/h3-4,7H,1-2,5-6,8H2,(H,18,19);3-5,10-11,14,16H,2,6-9H2,1H3. The fourth-order valence-electron chi connectivity index (χ4n) is 4.96. The first-order valence-corrected chi connectivity index (χ1v) is 13.0. The minimum absolute atomic E-state index is 0.0160. The molecule has 8 nitrogen and oxygen atoms in total. The Morgan fingerprint density at radius 3 is 2.55 bits per heavy atom. The van der Waals surface area contributed by atoms with Crippen LogP contribution in [0.3, 0.4) is 0 Å². The Labute approximate surface area is 219 Å². The number of halogens is 3. The average Bonchev–Trinajstić information content (AvgIpc) is 3.60. The zero-order chi connectivity index (χ0) is 27.2. The molecule has 11 heteroatoms. The van der Waals surface area contributed by atoms with E-state index in [0.29, 0.717) is 6.04 Å². The van der Waals surface area contributed by atoms with Gasteiger partial charge in [-0.25, -0.2) is 0 Å². The van der Waals surface area contributed by atoms with Gasteiger partial charge in [0.1, 0.15) is 5.60 Å². The molecule has 0 atom stereocenters. The first kappa shape index (κ1) is 27.8. The van der Waals surface area contributed by atoms with Crippen LogP contribution in [0.4, 0.5) is 19.0 Å². The van der Waals surface area contributed by atoms with Gasteiger partial charge in [0.2, 0.25) is 5.91 Å². The van der Waals surface area contributed by atoms with Gasteiger partial charge in [-0.15, -0.1) is 0 Å². The molecular formula is C27H34F3N5O3. The summed E-state index contributed by atoms with van der Waals surface area (Å²) in [6.07, 6.45) is 2.95. The maximum atomic E-state index is 12.7. The van der Waals surface area contributed by atoms with E-state index in [2.05, 4.69) is 27.7 Å². The van der Waals surface area contributed by atoms with Crippen LogP contribution in [0.25, 0.3) is 11.0 Å². The van der Waals surface area contributed by atoms with Crippen molar-refractivity contribution in [2.75, 3.05) is 31.5 Å². The highest BCUT2D eigenvalue weighted by atomic mass is 19.4. The van der Waals surface area contributed by atoms with Crippen molar-refractivity contribution >= 4 is 22.7 Å². The number of nitrogens with zero attached hydrogens (tertiary/aromatic N) is 3. The van der Waals surface area contributed by atoms with Crippen LogP contribution in [0, 0.1) is 0 Å². The van der Waals surface area contributed by atoms with E-state index in [4.69, 9.17) is 4.52 Å². The third kappa shape index (κ3) is 6.82. The van der Waals surface area contributed by atoms with Gasteiger partial charge < -0.3 is 25.2 Å². The van der Waals surface area contributed by atoms with Crippen LogP contribution in [-0.4, -0.2) is 58.3 Å².